The van der Waals surface area contributed by atoms with E-state index in [0.717, 1.165) is 27.9 Å². The number of methoxy groups -OCH3 is 1. The van der Waals surface area contributed by atoms with Crippen LogP contribution in [0, 0.1) is 0 Å². The van der Waals surface area contributed by atoms with Gasteiger partial charge in [0, 0.05) is 59.9 Å². The number of aliphatic hydroxyl groups is 2. The number of aromatic amines is 1. The van der Waals surface area contributed by atoms with Crippen molar-refractivity contribution < 1.29 is 24.5 Å². The molecule has 0 aliphatic carbocycles. The Morgan fingerprint density at radius 3 is 2.54 bits per heavy atom. The van der Waals surface area contributed by atoms with Gasteiger partial charge in [0.25, 0.3) is 0 Å². The first-order valence-electron chi connectivity index (χ1n) is 13.2. The number of fused-ring (bicyclic) bond motifs is 4. The molecule has 1 spiro atoms. The topological polar surface area (TPSA) is 110 Å². The molecule has 1 amide bonds. The lowest BCUT2D eigenvalue weighted by molar-refractivity contribution is -0.0876. The van der Waals surface area contributed by atoms with Gasteiger partial charge in [-0.1, -0.05) is 12.1 Å². The van der Waals surface area contributed by atoms with Crippen LogP contribution < -0.4 is 10.1 Å². The molecule has 2 aliphatic rings. The van der Waals surface area contributed by atoms with Gasteiger partial charge in [-0.25, -0.2) is 4.79 Å². The molecule has 3 heterocycles. The molecule has 1 aromatic heterocycles. The van der Waals surface area contributed by atoms with Gasteiger partial charge in [-0.2, -0.15) is 0 Å². The number of H-pyrrole nitrogens is 1. The van der Waals surface area contributed by atoms with Gasteiger partial charge in [0.05, 0.1) is 25.6 Å². The van der Waals surface area contributed by atoms with Crippen LogP contribution in [-0.4, -0.2) is 82.1 Å². The molecule has 39 heavy (non-hydrogen) atoms. The molecule has 9 nitrogen and oxygen atoms in total. The maximum atomic E-state index is 12.1. The molecule has 1 fully saturated rings. The van der Waals surface area contributed by atoms with Gasteiger partial charge in [-0.3, -0.25) is 15.1 Å². The molecule has 2 atom stereocenters. The molecular weight excluding hydrogens is 520 g/mol. The van der Waals surface area contributed by atoms with Crippen LogP contribution in [0.3, 0.4) is 0 Å². The van der Waals surface area contributed by atoms with Crippen LogP contribution in [0.5, 0.6) is 5.75 Å². The van der Waals surface area contributed by atoms with Crippen molar-refractivity contribution in [1.29, 1.82) is 0 Å². The summed E-state index contributed by atoms with van der Waals surface area (Å²) in [6, 6.07) is 13.5. The number of aliphatic hydroxyl groups excluding tert-OH is 2. The Labute approximate surface area is 233 Å². The minimum Gasteiger partial charge on any atom is -0.497 e. The lowest BCUT2D eigenvalue weighted by Gasteiger charge is -2.57. The van der Waals surface area contributed by atoms with Crippen molar-refractivity contribution in [3.63, 3.8) is 0 Å². The number of halogens is 1. The van der Waals surface area contributed by atoms with Gasteiger partial charge in [-0.05, 0) is 56.2 Å². The quantitative estimate of drug-likeness (QED) is 0.323. The number of anilines is 1. The van der Waals surface area contributed by atoms with E-state index in [2.05, 4.69) is 21.3 Å². The lowest BCUT2D eigenvalue weighted by Crippen LogP contribution is -2.68. The van der Waals surface area contributed by atoms with E-state index >= 15 is 0 Å². The molecule has 2 aliphatic heterocycles. The maximum absolute atomic E-state index is 12.1. The molecule has 0 bridgehead atoms. The number of alkyl halides is 1. The van der Waals surface area contributed by atoms with Crippen LogP contribution in [0.2, 0.25) is 0 Å². The average molecular weight is 557 g/mol. The number of carbonyl (C=O) groups excluding carboxylic acids is 1. The minimum absolute atomic E-state index is 0.0423. The summed E-state index contributed by atoms with van der Waals surface area (Å²) < 4.78 is 10.8. The number of rotatable bonds is 7. The molecule has 3 aromatic rings. The van der Waals surface area contributed by atoms with Gasteiger partial charge < -0.3 is 24.7 Å². The molecule has 0 radical (unpaired) electrons. The van der Waals surface area contributed by atoms with Gasteiger partial charge in [0.15, 0.2) is 0 Å². The average Bonchev–Trinajstić information content (AvgIpc) is 3.25. The van der Waals surface area contributed by atoms with Crippen molar-refractivity contribution >= 4 is 34.3 Å². The van der Waals surface area contributed by atoms with Crippen LogP contribution in [0.15, 0.2) is 42.5 Å². The predicted octanol–water partition coefficient (Wildman–Crippen LogP) is 4.18. The number of amides is 1. The highest BCUT2D eigenvalue weighted by Gasteiger charge is 2.53. The van der Waals surface area contributed by atoms with E-state index in [1.54, 1.807) is 7.11 Å². The number of hydrogen-bond acceptors (Lipinski definition) is 7. The van der Waals surface area contributed by atoms with Gasteiger partial charge >= 0.3 is 6.09 Å². The van der Waals surface area contributed by atoms with Gasteiger partial charge in [-0.15, -0.1) is 11.6 Å². The second-order valence-electron chi connectivity index (χ2n) is 11.6. The van der Waals surface area contributed by atoms with Gasteiger partial charge in [0.1, 0.15) is 17.6 Å². The molecule has 2 aromatic carbocycles. The fraction of sp³-hybridized carbons (Fsp3) is 0.483. The van der Waals surface area contributed by atoms with Crippen LogP contribution in [0.25, 0.3) is 10.9 Å². The number of carbonyl (C=O) groups is 1. The van der Waals surface area contributed by atoms with Crippen molar-refractivity contribution in [2.75, 3.05) is 44.5 Å². The Morgan fingerprint density at radius 2 is 1.92 bits per heavy atom. The molecule has 5 rings (SSSR count). The third kappa shape index (κ3) is 5.47. The SMILES string of the molecule is COc1ccc2c3c([nH]c2c1)C(CO)N(Cc1ccc(NC(=O)OC(C)(C)C)cc1)CC31CN(C(O)CCl)C1. The predicted molar refractivity (Wildman–Crippen MR) is 151 cm³/mol. The molecule has 0 saturated carbocycles. The Kier molecular flexibility index (Phi) is 7.56. The highest BCUT2D eigenvalue weighted by molar-refractivity contribution is 6.18. The summed E-state index contributed by atoms with van der Waals surface area (Å²) in [7, 11) is 1.65. The van der Waals surface area contributed by atoms with Crippen LogP contribution >= 0.6 is 11.6 Å². The fourth-order valence-electron chi connectivity index (χ4n) is 5.93. The fourth-order valence-corrected chi connectivity index (χ4v) is 6.12. The van der Waals surface area contributed by atoms with Gasteiger partial charge in [0.2, 0.25) is 0 Å². The smallest absolute Gasteiger partial charge is 0.412 e. The van der Waals surface area contributed by atoms with Crippen LogP contribution in [0.4, 0.5) is 10.5 Å². The second-order valence-corrected chi connectivity index (χ2v) is 11.9. The number of hydrogen-bond donors (Lipinski definition) is 4. The number of likely N-dealkylation sites (tertiary alicyclic amines) is 1. The normalized spacial score (nSPS) is 19.9. The number of nitrogens with one attached hydrogen (secondary N) is 2. The van der Waals surface area contributed by atoms with E-state index < -0.39 is 17.9 Å². The highest BCUT2D eigenvalue weighted by Crippen LogP contribution is 2.49. The summed E-state index contributed by atoms with van der Waals surface area (Å²) in [5.74, 6) is 0.918. The standard InChI is InChI=1S/C29H37ClN4O5/c1-28(2,3)39-27(37)31-19-7-5-18(6-8-19)13-33-15-29(16-34(17-29)24(36)12-30)25-21-10-9-20(38-4)11-22(21)32-26(25)23(33)14-35/h5-11,23-24,32,35-36H,12-17H2,1-4H3,(H,31,37). The molecule has 4 N–H and O–H groups in total. The van der Waals surface area contributed by atoms with Crippen LogP contribution in [-0.2, 0) is 16.7 Å². The molecule has 10 heteroatoms. The van der Waals surface area contributed by atoms with E-state index in [1.165, 1.54) is 5.56 Å². The zero-order valence-corrected chi connectivity index (χ0v) is 23.6. The first kappa shape index (κ1) is 27.7. The molecule has 2 unspecified atom stereocenters. The summed E-state index contributed by atoms with van der Waals surface area (Å²) in [4.78, 5) is 20.0. The third-order valence-corrected chi connectivity index (χ3v) is 7.85. The summed E-state index contributed by atoms with van der Waals surface area (Å²) in [6.45, 7) is 8.09. The summed E-state index contributed by atoms with van der Waals surface area (Å²) in [6.07, 6.45) is -1.19. The zero-order valence-electron chi connectivity index (χ0n) is 22.8. The highest BCUT2D eigenvalue weighted by atomic mass is 35.5. The molecule has 1 saturated heterocycles. The van der Waals surface area contributed by atoms with Crippen molar-refractivity contribution in [3.05, 3.63) is 59.3 Å². The number of benzene rings is 2. The minimum atomic E-state index is -0.694. The van der Waals surface area contributed by atoms with Crippen molar-refractivity contribution in [1.82, 2.24) is 14.8 Å². The van der Waals surface area contributed by atoms with E-state index in [9.17, 15) is 15.0 Å². The Morgan fingerprint density at radius 1 is 1.21 bits per heavy atom. The number of aromatic nitrogens is 1. The largest absolute Gasteiger partial charge is 0.497 e. The second kappa shape index (κ2) is 10.6. The third-order valence-electron chi connectivity index (χ3n) is 7.57. The van der Waals surface area contributed by atoms with Crippen molar-refractivity contribution in [2.24, 2.45) is 0 Å². The Hall–Kier alpha value is -2.82. The first-order chi connectivity index (χ1) is 18.6. The van der Waals surface area contributed by atoms with E-state index in [-0.39, 0.29) is 23.9 Å². The van der Waals surface area contributed by atoms with E-state index in [1.807, 2.05) is 62.1 Å². The lowest BCUT2D eigenvalue weighted by atomic mass is 9.68. The Balaban J connectivity index is 1.42. The van der Waals surface area contributed by atoms with Crippen molar-refractivity contribution in [2.45, 2.75) is 50.6 Å². The zero-order chi connectivity index (χ0) is 27.9. The van der Waals surface area contributed by atoms with Crippen LogP contribution in [0.1, 0.15) is 43.6 Å². The molecular formula is C29H37ClN4O5. The summed E-state index contributed by atoms with van der Waals surface area (Å²) >= 11 is 5.96. The first-order valence-corrected chi connectivity index (χ1v) is 13.7. The maximum Gasteiger partial charge on any atom is 0.412 e. The van der Waals surface area contributed by atoms with E-state index in [4.69, 9.17) is 21.1 Å². The monoisotopic (exact) mass is 556 g/mol. The molecule has 210 valence electrons. The Bertz CT molecular complexity index is 1330. The van der Waals surface area contributed by atoms with E-state index in [0.29, 0.717) is 31.9 Å². The summed E-state index contributed by atoms with van der Waals surface area (Å²) in [5.41, 5.74) is 4.07. The summed E-state index contributed by atoms with van der Waals surface area (Å²) in [5, 5.41) is 24.9. The van der Waals surface area contributed by atoms with Crippen molar-refractivity contribution in [3.8, 4) is 5.75 Å². The number of nitrogens with zero attached hydrogens (tertiary/aromatic N) is 2. The number of ether oxygens (including phenoxy) is 2.